The SMILES string of the molecule is CNC(CCCOC)C1CC2CCC1O2. The summed E-state index contributed by atoms with van der Waals surface area (Å²) in [6, 6.07) is 0.621. The van der Waals surface area contributed by atoms with E-state index in [4.69, 9.17) is 9.47 Å². The van der Waals surface area contributed by atoms with Crippen molar-refractivity contribution in [2.45, 2.75) is 50.4 Å². The molecule has 4 unspecified atom stereocenters. The normalized spacial score (nSPS) is 36.0. The molecule has 4 atom stereocenters. The first kappa shape index (κ1) is 11.4. The molecule has 0 radical (unpaired) electrons. The fraction of sp³-hybridized carbons (Fsp3) is 1.00. The lowest BCUT2D eigenvalue weighted by Crippen LogP contribution is -2.38. The van der Waals surface area contributed by atoms with Crippen LogP contribution in [0.2, 0.25) is 0 Å². The molecule has 88 valence electrons. The lowest BCUT2D eigenvalue weighted by atomic mass is 9.82. The Balaban J connectivity index is 1.79. The van der Waals surface area contributed by atoms with Gasteiger partial charge < -0.3 is 14.8 Å². The minimum absolute atomic E-state index is 0.537. The van der Waals surface area contributed by atoms with Crippen molar-refractivity contribution in [1.82, 2.24) is 5.32 Å². The van der Waals surface area contributed by atoms with Gasteiger partial charge in [-0.25, -0.2) is 0 Å². The van der Waals surface area contributed by atoms with Crippen molar-refractivity contribution in [2.75, 3.05) is 20.8 Å². The van der Waals surface area contributed by atoms with Crippen LogP contribution in [0.4, 0.5) is 0 Å². The topological polar surface area (TPSA) is 30.5 Å². The molecule has 0 aliphatic carbocycles. The first-order chi connectivity index (χ1) is 7.35. The Morgan fingerprint density at radius 1 is 1.47 bits per heavy atom. The summed E-state index contributed by atoms with van der Waals surface area (Å²) in [5.74, 6) is 0.741. The van der Waals surface area contributed by atoms with E-state index in [0.717, 1.165) is 18.9 Å². The maximum Gasteiger partial charge on any atom is 0.0623 e. The van der Waals surface area contributed by atoms with Crippen molar-refractivity contribution < 1.29 is 9.47 Å². The Morgan fingerprint density at radius 3 is 2.87 bits per heavy atom. The van der Waals surface area contributed by atoms with Crippen LogP contribution in [0.25, 0.3) is 0 Å². The largest absolute Gasteiger partial charge is 0.385 e. The van der Waals surface area contributed by atoms with Crippen molar-refractivity contribution >= 4 is 0 Å². The predicted molar refractivity (Wildman–Crippen MR) is 60.0 cm³/mol. The van der Waals surface area contributed by atoms with Crippen molar-refractivity contribution in [1.29, 1.82) is 0 Å². The molecule has 0 spiro atoms. The van der Waals surface area contributed by atoms with Crippen LogP contribution >= 0.6 is 0 Å². The smallest absolute Gasteiger partial charge is 0.0623 e. The average molecular weight is 213 g/mol. The van der Waals surface area contributed by atoms with E-state index in [0.29, 0.717) is 18.2 Å². The molecular formula is C12H23NO2. The van der Waals surface area contributed by atoms with Gasteiger partial charge in [0.05, 0.1) is 12.2 Å². The highest BCUT2D eigenvalue weighted by molar-refractivity contribution is 4.94. The number of fused-ring (bicyclic) bond motifs is 2. The lowest BCUT2D eigenvalue weighted by molar-refractivity contribution is 0.0844. The van der Waals surface area contributed by atoms with E-state index in [1.165, 1.54) is 25.7 Å². The molecule has 0 aromatic rings. The van der Waals surface area contributed by atoms with E-state index in [1.54, 1.807) is 7.11 Å². The number of hydrogen-bond acceptors (Lipinski definition) is 3. The third-order valence-corrected chi connectivity index (χ3v) is 3.90. The second-order valence-electron chi connectivity index (χ2n) is 4.80. The van der Waals surface area contributed by atoms with E-state index >= 15 is 0 Å². The van der Waals surface area contributed by atoms with Gasteiger partial charge in [-0.15, -0.1) is 0 Å². The molecule has 2 aliphatic rings. The molecule has 15 heavy (non-hydrogen) atoms. The van der Waals surface area contributed by atoms with Crippen molar-refractivity contribution in [3.63, 3.8) is 0 Å². The van der Waals surface area contributed by atoms with Crippen LogP contribution in [0.15, 0.2) is 0 Å². The number of methoxy groups -OCH3 is 1. The van der Waals surface area contributed by atoms with E-state index in [-0.39, 0.29) is 0 Å². The van der Waals surface area contributed by atoms with Crippen LogP contribution in [-0.4, -0.2) is 39.0 Å². The molecule has 2 saturated heterocycles. The second-order valence-corrected chi connectivity index (χ2v) is 4.80. The monoisotopic (exact) mass is 213 g/mol. The highest BCUT2D eigenvalue weighted by Gasteiger charge is 2.43. The second kappa shape index (κ2) is 5.28. The van der Waals surface area contributed by atoms with Crippen LogP contribution in [0.1, 0.15) is 32.1 Å². The summed E-state index contributed by atoms with van der Waals surface area (Å²) in [7, 11) is 3.85. The summed E-state index contributed by atoms with van der Waals surface area (Å²) in [6.07, 6.45) is 7.29. The van der Waals surface area contributed by atoms with Crippen LogP contribution in [0, 0.1) is 5.92 Å². The zero-order valence-corrected chi connectivity index (χ0v) is 9.87. The molecule has 3 nitrogen and oxygen atoms in total. The summed E-state index contributed by atoms with van der Waals surface area (Å²) in [5.41, 5.74) is 0. The van der Waals surface area contributed by atoms with Gasteiger partial charge in [-0.05, 0) is 39.2 Å². The molecule has 2 heterocycles. The maximum absolute atomic E-state index is 5.90. The molecule has 0 aromatic carbocycles. The summed E-state index contributed by atoms with van der Waals surface area (Å²) >= 11 is 0. The van der Waals surface area contributed by atoms with Crippen molar-refractivity contribution in [3.8, 4) is 0 Å². The Labute approximate surface area is 92.5 Å². The van der Waals surface area contributed by atoms with Gasteiger partial charge in [0.15, 0.2) is 0 Å². The zero-order valence-electron chi connectivity index (χ0n) is 9.87. The van der Waals surface area contributed by atoms with Gasteiger partial charge in [-0.2, -0.15) is 0 Å². The summed E-state index contributed by atoms with van der Waals surface area (Å²) < 4.78 is 11.0. The first-order valence-corrected chi connectivity index (χ1v) is 6.16. The van der Waals surface area contributed by atoms with Gasteiger partial charge in [-0.3, -0.25) is 0 Å². The van der Waals surface area contributed by atoms with Gasteiger partial charge in [-0.1, -0.05) is 0 Å². The minimum atomic E-state index is 0.537. The van der Waals surface area contributed by atoms with Crippen LogP contribution in [0.5, 0.6) is 0 Å². The highest BCUT2D eigenvalue weighted by Crippen LogP contribution is 2.41. The van der Waals surface area contributed by atoms with E-state index in [1.807, 2.05) is 0 Å². The van der Waals surface area contributed by atoms with Gasteiger partial charge in [0.1, 0.15) is 0 Å². The summed E-state index contributed by atoms with van der Waals surface area (Å²) in [4.78, 5) is 0. The number of ether oxygens (including phenoxy) is 2. The molecule has 0 saturated carbocycles. The Bertz CT molecular complexity index is 198. The number of rotatable bonds is 6. The Morgan fingerprint density at radius 2 is 2.33 bits per heavy atom. The lowest BCUT2D eigenvalue weighted by Gasteiger charge is -2.28. The predicted octanol–water partition coefficient (Wildman–Crippen LogP) is 1.57. The Kier molecular flexibility index (Phi) is 4.00. The Hall–Kier alpha value is -0.120. The average Bonchev–Trinajstić information content (AvgIpc) is 2.86. The van der Waals surface area contributed by atoms with Gasteiger partial charge in [0, 0.05) is 25.7 Å². The van der Waals surface area contributed by atoms with E-state index < -0.39 is 0 Å². The quantitative estimate of drug-likeness (QED) is 0.679. The van der Waals surface area contributed by atoms with Crippen LogP contribution in [-0.2, 0) is 9.47 Å². The molecule has 2 rings (SSSR count). The van der Waals surface area contributed by atoms with Crippen molar-refractivity contribution in [2.24, 2.45) is 5.92 Å². The van der Waals surface area contributed by atoms with Crippen LogP contribution in [0.3, 0.4) is 0 Å². The maximum atomic E-state index is 5.90. The fourth-order valence-corrected chi connectivity index (χ4v) is 3.12. The molecule has 0 aromatic heterocycles. The van der Waals surface area contributed by atoms with E-state index in [2.05, 4.69) is 12.4 Å². The standard InChI is InChI=1S/C12H23NO2/c1-13-11(4-3-7-14-2)10-8-9-5-6-12(10)15-9/h9-13H,3-8H2,1-2H3. The molecule has 2 aliphatic heterocycles. The fourth-order valence-electron chi connectivity index (χ4n) is 3.12. The highest BCUT2D eigenvalue weighted by atomic mass is 16.5. The minimum Gasteiger partial charge on any atom is -0.385 e. The number of nitrogens with one attached hydrogen (secondary N) is 1. The van der Waals surface area contributed by atoms with Gasteiger partial charge in [0.2, 0.25) is 0 Å². The number of hydrogen-bond donors (Lipinski definition) is 1. The molecule has 3 heteroatoms. The molecule has 2 bridgehead atoms. The zero-order chi connectivity index (χ0) is 10.7. The molecule has 0 amide bonds. The van der Waals surface area contributed by atoms with E-state index in [9.17, 15) is 0 Å². The summed E-state index contributed by atoms with van der Waals surface area (Å²) in [5, 5.41) is 3.45. The third kappa shape index (κ3) is 2.52. The molecule has 2 fully saturated rings. The van der Waals surface area contributed by atoms with Gasteiger partial charge in [0.25, 0.3) is 0 Å². The molecule has 1 N–H and O–H groups in total. The summed E-state index contributed by atoms with van der Waals surface area (Å²) in [6.45, 7) is 0.875. The molecular weight excluding hydrogens is 190 g/mol. The van der Waals surface area contributed by atoms with Crippen LogP contribution < -0.4 is 5.32 Å². The third-order valence-electron chi connectivity index (χ3n) is 3.90. The first-order valence-electron chi connectivity index (χ1n) is 6.16. The van der Waals surface area contributed by atoms with Gasteiger partial charge >= 0.3 is 0 Å². The van der Waals surface area contributed by atoms with Crippen molar-refractivity contribution in [3.05, 3.63) is 0 Å².